The Morgan fingerprint density at radius 2 is 1.97 bits per heavy atom. The van der Waals surface area contributed by atoms with Gasteiger partial charge in [0.05, 0.1) is 29.8 Å². The molecule has 3 heterocycles. The van der Waals surface area contributed by atoms with Gasteiger partial charge in [-0.05, 0) is 45.0 Å². The summed E-state index contributed by atoms with van der Waals surface area (Å²) in [4.78, 5) is 5.68. The van der Waals surface area contributed by atoms with Crippen LogP contribution in [0.3, 0.4) is 0 Å². The third kappa shape index (κ3) is 3.88. The molecule has 1 aromatic carbocycles. The predicted molar refractivity (Wildman–Crippen MR) is 115 cm³/mol. The highest BCUT2D eigenvalue weighted by Gasteiger charge is 2.20. The van der Waals surface area contributed by atoms with Crippen molar-refractivity contribution >= 4 is 5.82 Å². The number of nitrogens with zero attached hydrogens (tertiary/aromatic N) is 7. The molecule has 0 bridgehead atoms. The number of hydrogen-bond donors (Lipinski definition) is 1. The maximum Gasteiger partial charge on any atom is 0.166 e. The lowest BCUT2D eigenvalue weighted by molar-refractivity contribution is 0.226. The fraction of sp³-hybridized carbons (Fsp3) is 0.227. The molecule has 1 atom stereocenters. The van der Waals surface area contributed by atoms with Crippen LogP contribution in [0.2, 0.25) is 0 Å². The molecular weight excluding hydrogens is 411 g/mol. The highest BCUT2D eigenvalue weighted by molar-refractivity contribution is 5.71. The van der Waals surface area contributed by atoms with Gasteiger partial charge < -0.3 is 10.5 Å². The number of aromatic nitrogens is 6. The number of pyridine rings is 1. The number of nitriles is 1. The Balaban J connectivity index is 1.70. The second-order valence-corrected chi connectivity index (χ2v) is 7.25. The minimum absolute atomic E-state index is 0.152. The highest BCUT2D eigenvalue weighted by atomic mass is 19.1. The van der Waals surface area contributed by atoms with Gasteiger partial charge in [-0.2, -0.15) is 25.4 Å². The first-order valence-electron chi connectivity index (χ1n) is 9.88. The summed E-state index contributed by atoms with van der Waals surface area (Å²) in [7, 11) is 0. The maximum absolute atomic E-state index is 14.0. The van der Waals surface area contributed by atoms with Gasteiger partial charge >= 0.3 is 0 Å². The minimum atomic E-state index is -0.574. The molecule has 9 nitrogen and oxygen atoms in total. The van der Waals surface area contributed by atoms with Gasteiger partial charge in [-0.1, -0.05) is 0 Å². The normalized spacial score (nSPS) is 11.8. The smallest absolute Gasteiger partial charge is 0.166 e. The molecule has 0 aliphatic carbocycles. The third-order valence-electron chi connectivity index (χ3n) is 5.14. The minimum Gasteiger partial charge on any atom is -0.482 e. The largest absolute Gasteiger partial charge is 0.482 e. The van der Waals surface area contributed by atoms with Crippen LogP contribution in [0.5, 0.6) is 5.75 Å². The van der Waals surface area contributed by atoms with Crippen LogP contribution in [-0.2, 0) is 6.54 Å². The molecule has 4 aromatic rings. The summed E-state index contributed by atoms with van der Waals surface area (Å²) in [6.45, 7) is 5.70. The number of aryl methyl sites for hydroxylation is 1. The second-order valence-electron chi connectivity index (χ2n) is 7.25. The SMILES string of the molecule is Cc1nn(CC#N)c(C)c1-c1cnc(N)c(O[C@H](C)c2cc(F)ccc2-n2nccn2)c1. The zero-order chi connectivity index (χ0) is 22.8. The van der Waals surface area contributed by atoms with E-state index < -0.39 is 11.9 Å². The molecule has 2 N–H and O–H groups in total. The molecule has 0 saturated carbocycles. The van der Waals surface area contributed by atoms with Crippen molar-refractivity contribution in [2.24, 2.45) is 0 Å². The molecule has 0 aliphatic rings. The molecule has 32 heavy (non-hydrogen) atoms. The predicted octanol–water partition coefficient (Wildman–Crippen LogP) is 3.53. The number of halogens is 1. The van der Waals surface area contributed by atoms with E-state index >= 15 is 0 Å². The molecule has 10 heteroatoms. The fourth-order valence-electron chi connectivity index (χ4n) is 3.65. The van der Waals surface area contributed by atoms with Crippen molar-refractivity contribution in [3.63, 3.8) is 0 Å². The average molecular weight is 432 g/mol. The Kier molecular flexibility index (Phi) is 5.55. The number of nitrogen functional groups attached to an aromatic ring is 1. The van der Waals surface area contributed by atoms with Crippen molar-refractivity contribution < 1.29 is 9.13 Å². The average Bonchev–Trinajstić information content (AvgIpc) is 3.39. The van der Waals surface area contributed by atoms with Crippen LogP contribution >= 0.6 is 0 Å². The number of rotatable bonds is 6. The van der Waals surface area contributed by atoms with Gasteiger partial charge in [0.15, 0.2) is 11.6 Å². The molecule has 3 aromatic heterocycles. The summed E-state index contributed by atoms with van der Waals surface area (Å²) in [5.41, 5.74) is 10.5. The Labute approximate surface area is 183 Å². The molecule has 0 spiro atoms. The summed E-state index contributed by atoms with van der Waals surface area (Å²) in [6, 6.07) is 8.20. The van der Waals surface area contributed by atoms with Gasteiger partial charge in [0.1, 0.15) is 18.5 Å². The molecule has 0 unspecified atom stereocenters. The van der Waals surface area contributed by atoms with Gasteiger partial charge in [-0.3, -0.25) is 4.68 Å². The van der Waals surface area contributed by atoms with Crippen molar-refractivity contribution in [2.75, 3.05) is 5.73 Å². The first-order chi connectivity index (χ1) is 15.4. The second kappa shape index (κ2) is 8.47. The van der Waals surface area contributed by atoms with Gasteiger partial charge in [-0.15, -0.1) is 0 Å². The van der Waals surface area contributed by atoms with Crippen molar-refractivity contribution in [3.05, 3.63) is 65.6 Å². The van der Waals surface area contributed by atoms with E-state index in [9.17, 15) is 4.39 Å². The van der Waals surface area contributed by atoms with Gasteiger partial charge in [0, 0.05) is 28.6 Å². The molecule has 0 saturated heterocycles. The molecule has 162 valence electrons. The van der Waals surface area contributed by atoms with E-state index in [1.54, 1.807) is 42.3 Å². The lowest BCUT2D eigenvalue weighted by atomic mass is 10.1. The highest BCUT2D eigenvalue weighted by Crippen LogP contribution is 2.34. The molecule has 0 amide bonds. The molecule has 0 radical (unpaired) electrons. The van der Waals surface area contributed by atoms with Crippen LogP contribution < -0.4 is 10.5 Å². The quantitative estimate of drug-likeness (QED) is 0.495. The lowest BCUT2D eigenvalue weighted by Crippen LogP contribution is -2.11. The number of ether oxygens (including phenoxy) is 1. The van der Waals surface area contributed by atoms with E-state index in [1.807, 2.05) is 13.8 Å². The van der Waals surface area contributed by atoms with E-state index in [0.29, 0.717) is 17.0 Å². The van der Waals surface area contributed by atoms with Gasteiger partial charge in [0.2, 0.25) is 0 Å². The van der Waals surface area contributed by atoms with E-state index in [-0.39, 0.29) is 12.4 Å². The topological polar surface area (TPSA) is 120 Å². The Morgan fingerprint density at radius 1 is 1.22 bits per heavy atom. The number of nitrogens with two attached hydrogens (primary N) is 1. The monoisotopic (exact) mass is 432 g/mol. The van der Waals surface area contributed by atoms with Gasteiger partial charge in [0.25, 0.3) is 0 Å². The zero-order valence-electron chi connectivity index (χ0n) is 17.8. The van der Waals surface area contributed by atoms with Crippen molar-refractivity contribution in [2.45, 2.75) is 33.4 Å². The number of anilines is 1. The number of hydrogen-bond acceptors (Lipinski definition) is 7. The molecule has 0 fully saturated rings. The lowest BCUT2D eigenvalue weighted by Gasteiger charge is -2.19. The standard InChI is InChI=1S/C22H21FN8O/c1-13-21(14(2)30(29-13)9-6-24)16-10-20(22(25)26-12-16)32-15(3)18-11-17(23)4-5-19(18)31-27-7-8-28-31/h4-5,7-8,10-12,15H,9H2,1-3H3,(H2,25,26)/t15-/m1/s1. The van der Waals surface area contributed by atoms with Crippen LogP contribution in [-0.4, -0.2) is 29.8 Å². The molecular formula is C22H21FN8O. The van der Waals surface area contributed by atoms with Crippen LogP contribution in [0, 0.1) is 31.0 Å². The summed E-state index contributed by atoms with van der Waals surface area (Å²) in [5.74, 6) is 0.156. The van der Waals surface area contributed by atoms with E-state index in [2.05, 4.69) is 26.3 Å². The Hall–Kier alpha value is -4.26. The zero-order valence-corrected chi connectivity index (χ0v) is 17.8. The summed E-state index contributed by atoms with van der Waals surface area (Å²) in [6.07, 6.45) is 4.15. The van der Waals surface area contributed by atoms with Crippen LogP contribution in [0.25, 0.3) is 16.8 Å². The van der Waals surface area contributed by atoms with Crippen molar-refractivity contribution in [1.82, 2.24) is 29.8 Å². The third-order valence-corrected chi connectivity index (χ3v) is 5.14. The Bertz CT molecular complexity index is 1310. The first-order valence-corrected chi connectivity index (χ1v) is 9.88. The van der Waals surface area contributed by atoms with Crippen LogP contribution in [0.1, 0.15) is 30.0 Å². The number of benzene rings is 1. The molecule has 4 rings (SSSR count). The summed E-state index contributed by atoms with van der Waals surface area (Å²) >= 11 is 0. The van der Waals surface area contributed by atoms with Crippen molar-refractivity contribution in [3.8, 4) is 28.6 Å². The van der Waals surface area contributed by atoms with Crippen LogP contribution in [0.15, 0.2) is 42.9 Å². The fourth-order valence-corrected chi connectivity index (χ4v) is 3.65. The van der Waals surface area contributed by atoms with Crippen molar-refractivity contribution in [1.29, 1.82) is 5.26 Å². The van der Waals surface area contributed by atoms with Gasteiger partial charge in [-0.25, -0.2) is 9.37 Å². The summed E-state index contributed by atoms with van der Waals surface area (Å²) in [5, 5.41) is 21.7. The Morgan fingerprint density at radius 3 is 2.69 bits per heavy atom. The van der Waals surface area contributed by atoms with Crippen LogP contribution in [0.4, 0.5) is 10.2 Å². The molecule has 0 aliphatic heterocycles. The van der Waals surface area contributed by atoms with E-state index in [0.717, 1.165) is 22.5 Å². The summed E-state index contributed by atoms with van der Waals surface area (Å²) < 4.78 is 21.8. The maximum atomic E-state index is 14.0. The van der Waals surface area contributed by atoms with E-state index in [4.69, 9.17) is 15.7 Å². The first kappa shape index (κ1) is 21.0. The van der Waals surface area contributed by atoms with E-state index in [1.165, 1.54) is 16.9 Å².